The number of carboxylic acids is 1. The maximum atomic E-state index is 10.9. The average molecular weight is 275 g/mol. The lowest BCUT2D eigenvalue weighted by atomic mass is 10.3. The highest BCUT2D eigenvalue weighted by molar-refractivity contribution is 7.18. The van der Waals surface area contributed by atoms with Gasteiger partial charge >= 0.3 is 5.97 Å². The molecule has 3 aromatic rings. The van der Waals surface area contributed by atoms with E-state index in [4.69, 9.17) is 10.8 Å². The molecule has 3 heterocycles. The highest BCUT2D eigenvalue weighted by Crippen LogP contribution is 2.27. The highest BCUT2D eigenvalue weighted by Gasteiger charge is 2.16. The van der Waals surface area contributed by atoms with E-state index in [2.05, 4.69) is 15.1 Å². The van der Waals surface area contributed by atoms with Gasteiger partial charge in [0.25, 0.3) is 0 Å². The molecular weight excluding hydrogens is 266 g/mol. The minimum absolute atomic E-state index is 0.103. The minimum Gasteiger partial charge on any atom is -0.476 e. The molecule has 0 amide bonds. The van der Waals surface area contributed by atoms with Gasteiger partial charge in [-0.05, 0) is 13.0 Å². The fraction of sp³-hybridized carbons (Fsp3) is 0.0909. The van der Waals surface area contributed by atoms with Crippen LogP contribution in [0.15, 0.2) is 18.6 Å². The number of rotatable bonds is 2. The van der Waals surface area contributed by atoms with Crippen LogP contribution in [0.1, 0.15) is 15.4 Å². The molecule has 0 unspecified atom stereocenters. The zero-order valence-electron chi connectivity index (χ0n) is 9.86. The first-order valence-electron chi connectivity index (χ1n) is 5.36. The Bertz CT molecular complexity index is 792. The highest BCUT2D eigenvalue weighted by atomic mass is 32.1. The summed E-state index contributed by atoms with van der Waals surface area (Å²) in [7, 11) is 0. The van der Waals surface area contributed by atoms with Crippen molar-refractivity contribution in [2.24, 2.45) is 0 Å². The first-order chi connectivity index (χ1) is 9.06. The number of aryl methyl sites for hydroxylation is 1. The summed E-state index contributed by atoms with van der Waals surface area (Å²) in [6.45, 7) is 1.97. The second-order valence-electron chi connectivity index (χ2n) is 3.96. The number of aromatic carboxylic acids is 1. The second-order valence-corrected chi connectivity index (χ2v) is 5.19. The average Bonchev–Trinajstić information content (AvgIpc) is 2.90. The molecule has 0 aliphatic heterocycles. The summed E-state index contributed by atoms with van der Waals surface area (Å²) >= 11 is 1.54. The normalized spacial score (nSPS) is 11.0. The van der Waals surface area contributed by atoms with Gasteiger partial charge in [-0.3, -0.25) is 0 Å². The number of hydrogen-bond acceptors (Lipinski definition) is 6. The van der Waals surface area contributed by atoms with E-state index >= 15 is 0 Å². The van der Waals surface area contributed by atoms with Gasteiger partial charge in [-0.1, -0.05) is 0 Å². The molecule has 7 nitrogen and oxygen atoms in total. The number of nitrogen functional groups attached to an aromatic ring is 1. The molecule has 3 rings (SSSR count). The van der Waals surface area contributed by atoms with E-state index in [1.165, 1.54) is 28.5 Å². The first kappa shape index (κ1) is 11.6. The standard InChI is InChI=1S/C11H9N5O2S/c1-5-2-6-9(13-4-14-10(6)19-5)16-3-7(12)8(15-16)11(17)18/h2-4H,12H2,1H3,(H,17,18). The predicted molar refractivity (Wildman–Crippen MR) is 70.6 cm³/mol. The number of nitrogens with two attached hydrogens (primary N) is 1. The molecule has 0 radical (unpaired) electrons. The molecule has 8 heteroatoms. The summed E-state index contributed by atoms with van der Waals surface area (Å²) in [5.74, 6) is -0.642. The molecule has 0 aromatic carbocycles. The number of carboxylic acid groups (broad SMARTS) is 1. The molecule has 0 aliphatic rings. The van der Waals surface area contributed by atoms with Crippen LogP contribution < -0.4 is 5.73 Å². The molecule has 0 bridgehead atoms. The summed E-state index contributed by atoms with van der Waals surface area (Å²) < 4.78 is 1.37. The third-order valence-corrected chi connectivity index (χ3v) is 3.55. The van der Waals surface area contributed by atoms with Crippen LogP contribution in [-0.2, 0) is 0 Å². The molecule has 3 aromatic heterocycles. The largest absolute Gasteiger partial charge is 0.476 e. The van der Waals surface area contributed by atoms with Gasteiger partial charge in [0.05, 0.1) is 17.3 Å². The Balaban J connectivity index is 2.24. The van der Waals surface area contributed by atoms with E-state index in [-0.39, 0.29) is 11.4 Å². The lowest BCUT2D eigenvalue weighted by Crippen LogP contribution is -2.03. The fourth-order valence-electron chi connectivity index (χ4n) is 1.81. The Labute approximate surface area is 111 Å². The number of fused-ring (bicyclic) bond motifs is 1. The van der Waals surface area contributed by atoms with Gasteiger partial charge in [0.1, 0.15) is 11.2 Å². The third kappa shape index (κ3) is 1.82. The quantitative estimate of drug-likeness (QED) is 0.733. The van der Waals surface area contributed by atoms with Crippen LogP contribution in [0.3, 0.4) is 0 Å². The van der Waals surface area contributed by atoms with Crippen LogP contribution in [0.4, 0.5) is 5.69 Å². The van der Waals surface area contributed by atoms with Gasteiger partial charge in [0.2, 0.25) is 0 Å². The van der Waals surface area contributed by atoms with Gasteiger partial charge in [-0.2, -0.15) is 5.10 Å². The van der Waals surface area contributed by atoms with Crippen molar-refractivity contribution in [1.29, 1.82) is 0 Å². The van der Waals surface area contributed by atoms with E-state index in [9.17, 15) is 4.79 Å². The fourth-order valence-corrected chi connectivity index (χ4v) is 2.65. The maximum Gasteiger partial charge on any atom is 0.358 e. The Hall–Kier alpha value is -2.48. The lowest BCUT2D eigenvalue weighted by Gasteiger charge is -2.00. The number of hydrogen-bond donors (Lipinski definition) is 2. The topological polar surface area (TPSA) is 107 Å². The van der Waals surface area contributed by atoms with E-state index in [1.54, 1.807) is 0 Å². The van der Waals surface area contributed by atoms with Gasteiger partial charge in [0.15, 0.2) is 11.5 Å². The minimum atomic E-state index is -1.16. The van der Waals surface area contributed by atoms with Crippen LogP contribution in [0.2, 0.25) is 0 Å². The van der Waals surface area contributed by atoms with Crippen LogP contribution in [0.25, 0.3) is 16.0 Å². The van der Waals surface area contributed by atoms with Gasteiger partial charge in [-0.25, -0.2) is 19.4 Å². The van der Waals surface area contributed by atoms with Crippen molar-refractivity contribution in [3.05, 3.63) is 29.2 Å². The van der Waals surface area contributed by atoms with Crippen LogP contribution >= 0.6 is 11.3 Å². The molecular formula is C11H9N5O2S. The van der Waals surface area contributed by atoms with Gasteiger partial charge in [-0.15, -0.1) is 11.3 Å². The zero-order chi connectivity index (χ0) is 13.6. The Morgan fingerprint density at radius 2 is 2.26 bits per heavy atom. The van der Waals surface area contributed by atoms with Crippen molar-refractivity contribution in [3.8, 4) is 5.82 Å². The SMILES string of the molecule is Cc1cc2c(-n3cc(N)c(C(=O)O)n3)ncnc2s1. The maximum absolute atomic E-state index is 10.9. The van der Waals surface area contributed by atoms with E-state index in [1.807, 2.05) is 13.0 Å². The predicted octanol–water partition coefficient (Wildman–Crippen LogP) is 1.47. The summed E-state index contributed by atoms with van der Waals surface area (Å²) in [5.41, 5.74) is 5.55. The molecule has 0 fully saturated rings. The van der Waals surface area contributed by atoms with Crippen molar-refractivity contribution >= 4 is 33.2 Å². The first-order valence-corrected chi connectivity index (χ1v) is 6.18. The molecule has 0 saturated carbocycles. The third-order valence-electron chi connectivity index (χ3n) is 2.59. The Morgan fingerprint density at radius 3 is 2.95 bits per heavy atom. The smallest absolute Gasteiger partial charge is 0.358 e. The Morgan fingerprint density at radius 1 is 1.47 bits per heavy atom. The van der Waals surface area contributed by atoms with E-state index in [0.29, 0.717) is 5.82 Å². The summed E-state index contributed by atoms with van der Waals surface area (Å²) in [6, 6.07) is 1.94. The lowest BCUT2D eigenvalue weighted by molar-refractivity contribution is 0.0691. The van der Waals surface area contributed by atoms with Crippen LogP contribution in [0.5, 0.6) is 0 Å². The number of nitrogens with zero attached hydrogens (tertiary/aromatic N) is 4. The monoisotopic (exact) mass is 275 g/mol. The zero-order valence-corrected chi connectivity index (χ0v) is 10.7. The number of aromatic nitrogens is 4. The molecule has 0 atom stereocenters. The molecule has 0 spiro atoms. The van der Waals surface area contributed by atoms with Crippen molar-refractivity contribution in [2.75, 3.05) is 5.73 Å². The van der Waals surface area contributed by atoms with Crippen LogP contribution in [0, 0.1) is 6.92 Å². The van der Waals surface area contributed by atoms with Crippen LogP contribution in [-0.4, -0.2) is 30.8 Å². The molecule has 0 saturated heterocycles. The number of anilines is 1. The molecule has 19 heavy (non-hydrogen) atoms. The number of thiophene rings is 1. The van der Waals surface area contributed by atoms with Crippen molar-refractivity contribution < 1.29 is 9.90 Å². The van der Waals surface area contributed by atoms with E-state index in [0.717, 1.165) is 15.1 Å². The van der Waals surface area contributed by atoms with Crippen molar-refractivity contribution in [2.45, 2.75) is 6.92 Å². The summed E-state index contributed by atoms with van der Waals surface area (Å²) in [5, 5.41) is 13.7. The van der Waals surface area contributed by atoms with Crippen molar-refractivity contribution in [3.63, 3.8) is 0 Å². The van der Waals surface area contributed by atoms with Gasteiger partial charge in [0, 0.05) is 4.88 Å². The van der Waals surface area contributed by atoms with Crippen molar-refractivity contribution in [1.82, 2.24) is 19.7 Å². The summed E-state index contributed by atoms with van der Waals surface area (Å²) in [4.78, 5) is 21.2. The second kappa shape index (κ2) is 4.02. The molecule has 0 aliphatic carbocycles. The molecule has 96 valence electrons. The van der Waals surface area contributed by atoms with Gasteiger partial charge < -0.3 is 10.8 Å². The molecule has 3 N–H and O–H groups in total. The van der Waals surface area contributed by atoms with E-state index < -0.39 is 5.97 Å². The Kier molecular flexibility index (Phi) is 2.46. The summed E-state index contributed by atoms with van der Waals surface area (Å²) in [6.07, 6.45) is 2.87. The number of carbonyl (C=O) groups is 1.